The second kappa shape index (κ2) is 9.57. The van der Waals surface area contributed by atoms with E-state index in [-0.39, 0.29) is 5.91 Å². The van der Waals surface area contributed by atoms with Crippen LogP contribution < -0.4 is 5.32 Å². The monoisotopic (exact) mass is 366 g/mol. The van der Waals surface area contributed by atoms with E-state index >= 15 is 0 Å². The molecule has 1 saturated carbocycles. The number of hydrogen-bond acceptors (Lipinski definition) is 6. The Morgan fingerprint density at radius 1 is 1.24 bits per heavy atom. The van der Waals surface area contributed by atoms with Crippen molar-refractivity contribution in [3.8, 4) is 0 Å². The number of amides is 1. The van der Waals surface area contributed by atoms with Crippen molar-refractivity contribution < 1.29 is 9.32 Å². The first kappa shape index (κ1) is 18.7. The van der Waals surface area contributed by atoms with Gasteiger partial charge >= 0.3 is 0 Å². The number of aryl methyl sites for hydroxylation is 1. The van der Waals surface area contributed by atoms with Gasteiger partial charge in [0.15, 0.2) is 5.82 Å². The van der Waals surface area contributed by atoms with Gasteiger partial charge in [-0.2, -0.15) is 4.98 Å². The summed E-state index contributed by atoms with van der Waals surface area (Å²) in [4.78, 5) is 18.8. The minimum atomic E-state index is 0.121. The van der Waals surface area contributed by atoms with Crippen molar-refractivity contribution in [1.82, 2.24) is 20.4 Å². The molecule has 1 aromatic rings. The Hall–Kier alpha value is -1.08. The van der Waals surface area contributed by atoms with Crippen molar-refractivity contribution in [2.24, 2.45) is 5.92 Å². The minimum Gasteiger partial charge on any atom is -0.353 e. The van der Waals surface area contributed by atoms with Gasteiger partial charge in [-0.25, -0.2) is 0 Å². The third-order valence-electron chi connectivity index (χ3n) is 5.23. The molecule has 2 fully saturated rings. The van der Waals surface area contributed by atoms with Gasteiger partial charge in [-0.15, -0.1) is 11.8 Å². The summed E-state index contributed by atoms with van der Waals surface area (Å²) in [5, 5.41) is 7.02. The molecule has 0 spiro atoms. The highest BCUT2D eigenvalue weighted by Gasteiger charge is 2.23. The zero-order valence-corrected chi connectivity index (χ0v) is 16.0. The van der Waals surface area contributed by atoms with Crippen molar-refractivity contribution in [3.05, 3.63) is 11.7 Å². The maximum Gasteiger partial charge on any atom is 0.230 e. The normalized spacial score (nSPS) is 20.7. The first-order valence-electron chi connectivity index (χ1n) is 9.57. The maximum absolute atomic E-state index is 12.1. The quantitative estimate of drug-likeness (QED) is 0.800. The molecule has 1 aliphatic heterocycles. The second-order valence-corrected chi connectivity index (χ2v) is 8.35. The Morgan fingerprint density at radius 3 is 2.68 bits per heavy atom. The molecule has 0 bridgehead atoms. The van der Waals surface area contributed by atoms with E-state index in [9.17, 15) is 4.79 Å². The number of rotatable bonds is 7. The van der Waals surface area contributed by atoms with Gasteiger partial charge in [0.25, 0.3) is 0 Å². The van der Waals surface area contributed by atoms with E-state index in [1.54, 1.807) is 6.92 Å². The van der Waals surface area contributed by atoms with Crippen LogP contribution in [0.4, 0.5) is 0 Å². The molecule has 1 amide bonds. The molecule has 2 aliphatic rings. The van der Waals surface area contributed by atoms with Crippen LogP contribution in [0.3, 0.4) is 0 Å². The molecule has 1 saturated heterocycles. The van der Waals surface area contributed by atoms with Gasteiger partial charge in [0.05, 0.1) is 11.5 Å². The average molecular weight is 367 g/mol. The van der Waals surface area contributed by atoms with Crippen LogP contribution in [-0.2, 0) is 10.5 Å². The summed E-state index contributed by atoms with van der Waals surface area (Å²) in [5.41, 5.74) is 0. The van der Waals surface area contributed by atoms with E-state index in [4.69, 9.17) is 4.52 Å². The predicted molar refractivity (Wildman–Crippen MR) is 99.4 cm³/mol. The second-order valence-electron chi connectivity index (χ2n) is 7.37. The zero-order valence-electron chi connectivity index (χ0n) is 15.2. The Labute approximate surface area is 154 Å². The molecule has 3 rings (SSSR count). The van der Waals surface area contributed by atoms with E-state index in [0.29, 0.717) is 29.3 Å². The Balaban J connectivity index is 1.28. The number of likely N-dealkylation sites (tertiary alicyclic amines) is 1. The lowest BCUT2D eigenvalue weighted by Crippen LogP contribution is -2.46. The third kappa shape index (κ3) is 6.29. The first-order chi connectivity index (χ1) is 12.2. The van der Waals surface area contributed by atoms with E-state index < -0.39 is 0 Å². The molecular formula is C18H30N4O2S. The summed E-state index contributed by atoms with van der Waals surface area (Å²) in [7, 11) is 0. The first-order valence-corrected chi connectivity index (χ1v) is 10.7. The summed E-state index contributed by atoms with van der Waals surface area (Å²) < 4.78 is 4.93. The zero-order chi connectivity index (χ0) is 17.5. The summed E-state index contributed by atoms with van der Waals surface area (Å²) in [6.45, 7) is 5.28. The number of piperidine rings is 1. The maximum atomic E-state index is 12.1. The van der Waals surface area contributed by atoms with Crippen LogP contribution in [0.25, 0.3) is 0 Å². The lowest BCUT2D eigenvalue weighted by Gasteiger charge is -2.35. The third-order valence-corrected chi connectivity index (χ3v) is 6.16. The molecule has 1 N–H and O–H groups in total. The molecule has 1 aromatic heterocycles. The number of hydrogen-bond donors (Lipinski definition) is 1. The molecule has 0 unspecified atom stereocenters. The largest absolute Gasteiger partial charge is 0.353 e. The number of nitrogens with one attached hydrogen (secondary N) is 1. The highest BCUT2D eigenvalue weighted by molar-refractivity contribution is 7.99. The van der Waals surface area contributed by atoms with Crippen molar-refractivity contribution in [3.63, 3.8) is 0 Å². The van der Waals surface area contributed by atoms with Gasteiger partial charge in [0, 0.05) is 32.6 Å². The molecule has 25 heavy (non-hydrogen) atoms. The van der Waals surface area contributed by atoms with Crippen molar-refractivity contribution in [1.29, 1.82) is 0 Å². The van der Waals surface area contributed by atoms with E-state index in [1.807, 2.05) is 0 Å². The van der Waals surface area contributed by atoms with Gasteiger partial charge in [-0.05, 0) is 31.6 Å². The number of carbonyl (C=O) groups excluding carboxylic acids is 1. The summed E-state index contributed by atoms with van der Waals surface area (Å²) in [6.07, 6.45) is 9.23. The smallest absolute Gasteiger partial charge is 0.230 e. The molecular weight excluding hydrogens is 336 g/mol. The van der Waals surface area contributed by atoms with Gasteiger partial charge in [-0.3, -0.25) is 4.79 Å². The van der Waals surface area contributed by atoms with Crippen LogP contribution in [-0.4, -0.2) is 52.4 Å². The molecule has 7 heteroatoms. The fourth-order valence-corrected chi connectivity index (χ4v) is 4.57. The molecule has 140 valence electrons. The Bertz CT molecular complexity index is 537. The highest BCUT2D eigenvalue weighted by atomic mass is 32.2. The van der Waals surface area contributed by atoms with Crippen LogP contribution in [0, 0.1) is 12.8 Å². The van der Waals surface area contributed by atoms with Crippen LogP contribution >= 0.6 is 11.8 Å². The van der Waals surface area contributed by atoms with Crippen LogP contribution in [0.1, 0.15) is 56.7 Å². The van der Waals surface area contributed by atoms with Crippen molar-refractivity contribution >= 4 is 17.7 Å². The minimum absolute atomic E-state index is 0.121. The van der Waals surface area contributed by atoms with Gasteiger partial charge in [-0.1, -0.05) is 24.4 Å². The van der Waals surface area contributed by atoms with Gasteiger partial charge < -0.3 is 14.7 Å². The summed E-state index contributed by atoms with van der Waals surface area (Å²) in [6, 6.07) is 0.336. The van der Waals surface area contributed by atoms with Gasteiger partial charge in [0.1, 0.15) is 0 Å². The summed E-state index contributed by atoms with van der Waals surface area (Å²) >= 11 is 1.53. The van der Waals surface area contributed by atoms with Crippen molar-refractivity contribution in [2.75, 3.05) is 25.4 Å². The van der Waals surface area contributed by atoms with E-state index in [1.165, 1.54) is 50.4 Å². The predicted octanol–water partition coefficient (Wildman–Crippen LogP) is 2.77. The fraction of sp³-hybridized carbons (Fsp3) is 0.833. The van der Waals surface area contributed by atoms with Crippen LogP contribution in [0.5, 0.6) is 0 Å². The van der Waals surface area contributed by atoms with Crippen molar-refractivity contribution in [2.45, 2.75) is 63.7 Å². The topological polar surface area (TPSA) is 71.3 Å². The van der Waals surface area contributed by atoms with E-state index in [2.05, 4.69) is 20.4 Å². The highest BCUT2D eigenvalue weighted by Crippen LogP contribution is 2.25. The standard InChI is InChI=1S/C18H30N4O2S/c1-14-19-17(21-24-14)12-25-13-18(23)20-16-7-9-22(10-8-16)11-15-5-3-2-4-6-15/h15-16H,2-13H2,1H3,(H,20,23). The molecule has 0 radical (unpaired) electrons. The lowest BCUT2D eigenvalue weighted by molar-refractivity contribution is -0.119. The summed E-state index contributed by atoms with van der Waals surface area (Å²) in [5.74, 6) is 3.33. The SMILES string of the molecule is Cc1nc(CSCC(=O)NC2CCN(CC3CCCCC3)CC2)no1. The van der Waals surface area contributed by atoms with Crippen LogP contribution in [0.15, 0.2) is 4.52 Å². The number of nitrogens with zero attached hydrogens (tertiary/aromatic N) is 3. The molecule has 2 heterocycles. The lowest BCUT2D eigenvalue weighted by atomic mass is 9.88. The number of carbonyl (C=O) groups is 1. The number of aromatic nitrogens is 2. The molecule has 1 aliphatic carbocycles. The molecule has 0 aromatic carbocycles. The molecule has 0 atom stereocenters. The fourth-order valence-electron chi connectivity index (χ4n) is 3.90. The average Bonchev–Trinajstić information content (AvgIpc) is 3.03. The van der Waals surface area contributed by atoms with E-state index in [0.717, 1.165) is 31.8 Å². The van der Waals surface area contributed by atoms with Gasteiger partial charge in [0.2, 0.25) is 11.8 Å². The number of thioether (sulfide) groups is 1. The Kier molecular flexibility index (Phi) is 7.16. The Morgan fingerprint density at radius 2 is 2.00 bits per heavy atom. The molecule has 6 nitrogen and oxygen atoms in total. The van der Waals surface area contributed by atoms with Crippen LogP contribution in [0.2, 0.25) is 0 Å².